The fourth-order valence-electron chi connectivity index (χ4n) is 4.34. The third-order valence-corrected chi connectivity index (χ3v) is 6.34. The lowest BCUT2D eigenvalue weighted by atomic mass is 9.86. The number of hydrogen-bond acceptors (Lipinski definition) is 3. The minimum Gasteiger partial charge on any atom is -0.340 e. The topological polar surface area (TPSA) is 43.9 Å². The standard InChI is InChI=1S/C22H33N3O2/c1-17-6-8-18(9-7-17)22(16-21(22,2)3)20(27)25-11-10-19(26)24(14-15-25)13-12-23(4)5/h6-9H,10-16H2,1-5H3/t22-/m1/s1. The number of amides is 2. The van der Waals surface area contributed by atoms with Gasteiger partial charge in [-0.05, 0) is 38.4 Å². The summed E-state index contributed by atoms with van der Waals surface area (Å²) < 4.78 is 0. The zero-order valence-electron chi connectivity index (χ0n) is 17.4. The minimum atomic E-state index is -0.442. The third kappa shape index (κ3) is 3.75. The molecule has 2 amide bonds. The molecule has 27 heavy (non-hydrogen) atoms. The molecule has 2 fully saturated rings. The predicted octanol–water partition coefficient (Wildman–Crippen LogP) is 2.29. The average Bonchev–Trinajstić information content (AvgIpc) is 3.25. The highest BCUT2D eigenvalue weighted by Gasteiger charge is 2.67. The van der Waals surface area contributed by atoms with Gasteiger partial charge in [0, 0.05) is 39.1 Å². The molecule has 0 aromatic heterocycles. The van der Waals surface area contributed by atoms with Crippen LogP contribution in [0.5, 0.6) is 0 Å². The van der Waals surface area contributed by atoms with Crippen molar-refractivity contribution in [3.8, 4) is 0 Å². The Bertz CT molecular complexity index is 711. The first-order valence-corrected chi connectivity index (χ1v) is 9.96. The van der Waals surface area contributed by atoms with Crippen molar-refractivity contribution in [2.24, 2.45) is 5.41 Å². The first-order valence-electron chi connectivity index (χ1n) is 9.96. The van der Waals surface area contributed by atoms with Gasteiger partial charge < -0.3 is 14.7 Å². The third-order valence-electron chi connectivity index (χ3n) is 6.34. The molecule has 1 heterocycles. The Hall–Kier alpha value is -1.88. The van der Waals surface area contributed by atoms with Gasteiger partial charge in [0.05, 0.1) is 5.41 Å². The Kier molecular flexibility index (Phi) is 5.35. The van der Waals surface area contributed by atoms with Crippen LogP contribution in [0.15, 0.2) is 24.3 Å². The second-order valence-electron chi connectivity index (χ2n) is 9.06. The van der Waals surface area contributed by atoms with Gasteiger partial charge in [-0.3, -0.25) is 9.59 Å². The van der Waals surface area contributed by atoms with Crippen LogP contribution in [0.4, 0.5) is 0 Å². The highest BCUT2D eigenvalue weighted by Crippen LogP contribution is 2.65. The smallest absolute Gasteiger partial charge is 0.233 e. The zero-order chi connectivity index (χ0) is 19.8. The van der Waals surface area contributed by atoms with Crippen LogP contribution < -0.4 is 0 Å². The largest absolute Gasteiger partial charge is 0.340 e. The SMILES string of the molecule is Cc1ccc([C@@]2(C(=O)N3CCC(=O)N(CCN(C)C)CC3)CC2(C)C)cc1. The van der Waals surface area contributed by atoms with E-state index in [0.717, 1.165) is 25.1 Å². The molecule has 1 aliphatic carbocycles. The Labute approximate surface area is 163 Å². The van der Waals surface area contributed by atoms with E-state index in [2.05, 4.69) is 49.9 Å². The fourth-order valence-corrected chi connectivity index (χ4v) is 4.34. The van der Waals surface area contributed by atoms with Crippen molar-refractivity contribution in [1.29, 1.82) is 0 Å². The van der Waals surface area contributed by atoms with Gasteiger partial charge in [0.25, 0.3) is 0 Å². The number of carbonyl (C=O) groups is 2. The van der Waals surface area contributed by atoms with Crippen LogP contribution >= 0.6 is 0 Å². The molecule has 1 saturated heterocycles. The Morgan fingerprint density at radius 1 is 1.11 bits per heavy atom. The number of benzene rings is 1. The summed E-state index contributed by atoms with van der Waals surface area (Å²) in [5, 5.41) is 0. The summed E-state index contributed by atoms with van der Waals surface area (Å²) >= 11 is 0. The molecule has 0 bridgehead atoms. The number of likely N-dealkylation sites (N-methyl/N-ethyl adjacent to an activating group) is 1. The van der Waals surface area contributed by atoms with Gasteiger partial charge in [-0.2, -0.15) is 0 Å². The minimum absolute atomic E-state index is 0.0414. The summed E-state index contributed by atoms with van der Waals surface area (Å²) in [6, 6.07) is 8.39. The second kappa shape index (κ2) is 7.27. The first-order chi connectivity index (χ1) is 12.7. The lowest BCUT2D eigenvalue weighted by molar-refractivity contribution is -0.134. The van der Waals surface area contributed by atoms with Gasteiger partial charge in [-0.1, -0.05) is 43.7 Å². The molecule has 1 saturated carbocycles. The van der Waals surface area contributed by atoms with E-state index in [-0.39, 0.29) is 17.2 Å². The molecule has 1 aromatic carbocycles. The number of carbonyl (C=O) groups excluding carboxylic acids is 2. The van der Waals surface area contributed by atoms with E-state index in [1.54, 1.807) is 0 Å². The lowest BCUT2D eigenvalue weighted by Gasteiger charge is -2.29. The van der Waals surface area contributed by atoms with Crippen molar-refractivity contribution in [1.82, 2.24) is 14.7 Å². The summed E-state index contributed by atoms with van der Waals surface area (Å²) in [7, 11) is 4.03. The van der Waals surface area contributed by atoms with Crippen molar-refractivity contribution < 1.29 is 9.59 Å². The zero-order valence-corrected chi connectivity index (χ0v) is 17.4. The van der Waals surface area contributed by atoms with Crippen LogP contribution in [0.2, 0.25) is 0 Å². The van der Waals surface area contributed by atoms with E-state index < -0.39 is 5.41 Å². The average molecular weight is 372 g/mol. The van der Waals surface area contributed by atoms with E-state index in [1.165, 1.54) is 5.56 Å². The maximum absolute atomic E-state index is 13.6. The molecule has 1 aliphatic heterocycles. The summed E-state index contributed by atoms with van der Waals surface area (Å²) in [6.07, 6.45) is 1.29. The molecule has 1 aromatic rings. The Morgan fingerprint density at radius 2 is 1.74 bits per heavy atom. The van der Waals surface area contributed by atoms with Crippen molar-refractivity contribution in [2.45, 2.75) is 39.0 Å². The Morgan fingerprint density at radius 3 is 2.30 bits per heavy atom. The summed E-state index contributed by atoms with van der Waals surface area (Å²) in [5.41, 5.74) is 1.84. The molecular weight excluding hydrogens is 338 g/mol. The highest BCUT2D eigenvalue weighted by atomic mass is 16.2. The number of rotatable bonds is 5. The van der Waals surface area contributed by atoms with Gasteiger partial charge in [0.1, 0.15) is 0 Å². The normalized spacial score (nSPS) is 24.9. The second-order valence-corrected chi connectivity index (χ2v) is 9.06. The maximum atomic E-state index is 13.6. The van der Waals surface area contributed by atoms with Crippen LogP contribution in [0.3, 0.4) is 0 Å². The van der Waals surface area contributed by atoms with E-state index in [9.17, 15) is 9.59 Å². The van der Waals surface area contributed by atoms with Crippen molar-refractivity contribution in [3.63, 3.8) is 0 Å². The van der Waals surface area contributed by atoms with Crippen LogP contribution in [0, 0.1) is 12.3 Å². The van der Waals surface area contributed by atoms with Gasteiger partial charge >= 0.3 is 0 Å². The first kappa shape index (κ1) is 19.9. The number of aryl methyl sites for hydroxylation is 1. The monoisotopic (exact) mass is 371 g/mol. The predicted molar refractivity (Wildman–Crippen MR) is 108 cm³/mol. The molecule has 2 aliphatic rings. The van der Waals surface area contributed by atoms with E-state index >= 15 is 0 Å². The highest BCUT2D eigenvalue weighted by molar-refractivity contribution is 5.93. The van der Waals surface area contributed by atoms with Crippen molar-refractivity contribution in [3.05, 3.63) is 35.4 Å². The van der Waals surface area contributed by atoms with Gasteiger partial charge in [-0.25, -0.2) is 0 Å². The van der Waals surface area contributed by atoms with Gasteiger partial charge in [0.15, 0.2) is 0 Å². The molecule has 3 rings (SSSR count). The molecular formula is C22H33N3O2. The van der Waals surface area contributed by atoms with Crippen molar-refractivity contribution in [2.75, 3.05) is 46.8 Å². The number of hydrogen-bond donors (Lipinski definition) is 0. The van der Waals surface area contributed by atoms with Crippen LogP contribution in [0.25, 0.3) is 0 Å². The Balaban J connectivity index is 1.76. The molecule has 0 spiro atoms. The van der Waals surface area contributed by atoms with Crippen LogP contribution in [-0.4, -0.2) is 73.3 Å². The quantitative estimate of drug-likeness (QED) is 0.798. The number of nitrogens with zero attached hydrogens (tertiary/aromatic N) is 3. The lowest BCUT2D eigenvalue weighted by Crippen LogP contribution is -2.44. The summed E-state index contributed by atoms with van der Waals surface area (Å²) in [5.74, 6) is 0.352. The molecule has 148 valence electrons. The summed E-state index contributed by atoms with van der Waals surface area (Å²) in [4.78, 5) is 32.0. The van der Waals surface area contributed by atoms with Crippen molar-refractivity contribution >= 4 is 11.8 Å². The molecule has 0 radical (unpaired) electrons. The summed E-state index contributed by atoms with van der Waals surface area (Å²) in [6.45, 7) is 9.78. The van der Waals surface area contributed by atoms with Gasteiger partial charge in [0.2, 0.25) is 11.8 Å². The van der Waals surface area contributed by atoms with E-state index in [4.69, 9.17) is 0 Å². The van der Waals surface area contributed by atoms with Crippen LogP contribution in [0.1, 0.15) is 37.8 Å². The molecule has 0 unspecified atom stereocenters. The van der Waals surface area contributed by atoms with E-state index in [0.29, 0.717) is 26.1 Å². The maximum Gasteiger partial charge on any atom is 0.233 e. The molecule has 0 N–H and O–H groups in total. The van der Waals surface area contributed by atoms with E-state index in [1.807, 2.05) is 23.9 Å². The molecule has 1 atom stereocenters. The molecule has 5 nitrogen and oxygen atoms in total. The molecule has 5 heteroatoms. The van der Waals surface area contributed by atoms with Crippen LogP contribution in [-0.2, 0) is 15.0 Å². The van der Waals surface area contributed by atoms with Gasteiger partial charge in [-0.15, -0.1) is 0 Å². The fraction of sp³-hybridized carbons (Fsp3) is 0.636.